The maximum Gasteiger partial charge on any atom is 0.416 e. The number of primary amides is 1. The van der Waals surface area contributed by atoms with Crippen LogP contribution < -0.4 is 11.1 Å². The summed E-state index contributed by atoms with van der Waals surface area (Å²) in [6, 6.07) is 13.1. The normalized spacial score (nSPS) is 11.2. The second kappa shape index (κ2) is 7.55. The van der Waals surface area contributed by atoms with Gasteiger partial charge in [-0.2, -0.15) is 13.2 Å². The van der Waals surface area contributed by atoms with Crippen molar-refractivity contribution in [1.82, 2.24) is 9.55 Å². The van der Waals surface area contributed by atoms with Crippen LogP contribution in [0.4, 0.5) is 19.0 Å². The van der Waals surface area contributed by atoms with Crippen molar-refractivity contribution in [3.8, 4) is 0 Å². The SMILES string of the molecule is NC(=O)c1c(NC(=O)c2cccc(C(F)(F)F)c2)ncn1Cc1ccccc1. The number of hydrogen-bond donors (Lipinski definition) is 2. The second-order valence-electron chi connectivity index (χ2n) is 5.95. The van der Waals surface area contributed by atoms with Crippen LogP contribution in [-0.4, -0.2) is 21.4 Å². The summed E-state index contributed by atoms with van der Waals surface area (Å²) < 4.78 is 39.9. The number of halogens is 3. The fourth-order valence-corrected chi connectivity index (χ4v) is 2.65. The van der Waals surface area contributed by atoms with Crippen molar-refractivity contribution in [3.05, 3.63) is 83.3 Å². The molecule has 0 aliphatic rings. The van der Waals surface area contributed by atoms with Gasteiger partial charge in [-0.25, -0.2) is 4.98 Å². The molecule has 0 radical (unpaired) electrons. The number of hydrogen-bond acceptors (Lipinski definition) is 3. The van der Waals surface area contributed by atoms with Crippen LogP contribution in [0.15, 0.2) is 60.9 Å². The Morgan fingerprint density at radius 3 is 2.43 bits per heavy atom. The zero-order chi connectivity index (χ0) is 20.3. The Balaban J connectivity index is 1.86. The number of rotatable bonds is 5. The van der Waals surface area contributed by atoms with E-state index in [1.54, 1.807) is 0 Å². The molecule has 2 aromatic carbocycles. The largest absolute Gasteiger partial charge is 0.416 e. The minimum Gasteiger partial charge on any atom is -0.364 e. The van der Waals surface area contributed by atoms with Crippen LogP contribution in [0.3, 0.4) is 0 Å². The summed E-state index contributed by atoms with van der Waals surface area (Å²) in [6.45, 7) is 0.283. The van der Waals surface area contributed by atoms with E-state index in [2.05, 4.69) is 10.3 Å². The maximum atomic E-state index is 12.8. The average molecular weight is 388 g/mol. The molecule has 0 saturated heterocycles. The molecule has 1 aromatic heterocycles. The van der Waals surface area contributed by atoms with E-state index in [9.17, 15) is 22.8 Å². The highest BCUT2D eigenvalue weighted by Gasteiger charge is 2.31. The molecule has 0 saturated carbocycles. The van der Waals surface area contributed by atoms with E-state index in [4.69, 9.17) is 5.73 Å². The predicted molar refractivity (Wildman–Crippen MR) is 95.7 cm³/mol. The van der Waals surface area contributed by atoms with Gasteiger partial charge in [-0.3, -0.25) is 9.59 Å². The molecule has 0 bridgehead atoms. The highest BCUT2D eigenvalue weighted by atomic mass is 19.4. The number of benzene rings is 2. The third-order valence-electron chi connectivity index (χ3n) is 3.95. The molecule has 0 unspecified atom stereocenters. The summed E-state index contributed by atoms with van der Waals surface area (Å²) in [5, 5.41) is 2.35. The van der Waals surface area contributed by atoms with Crippen molar-refractivity contribution < 1.29 is 22.8 Å². The van der Waals surface area contributed by atoms with Gasteiger partial charge in [0, 0.05) is 12.1 Å². The Labute approximate surface area is 157 Å². The molecule has 2 amide bonds. The Hall–Kier alpha value is -3.62. The van der Waals surface area contributed by atoms with E-state index in [1.165, 1.54) is 17.0 Å². The number of nitrogens with zero attached hydrogens (tertiary/aromatic N) is 2. The standard InChI is InChI=1S/C19H15F3N4O2/c20-19(21,22)14-8-4-7-13(9-14)18(28)25-17-15(16(23)27)26(11-24-17)10-12-5-2-1-3-6-12/h1-9,11H,10H2,(H2,23,27)(H,25,28). The summed E-state index contributed by atoms with van der Waals surface area (Å²) in [7, 11) is 0. The minimum absolute atomic E-state index is 0.0517. The lowest BCUT2D eigenvalue weighted by molar-refractivity contribution is -0.137. The smallest absolute Gasteiger partial charge is 0.364 e. The number of imidazole rings is 1. The van der Waals surface area contributed by atoms with Crippen LogP contribution in [-0.2, 0) is 12.7 Å². The molecule has 3 aromatic rings. The van der Waals surface area contributed by atoms with Crippen molar-refractivity contribution in [2.45, 2.75) is 12.7 Å². The van der Waals surface area contributed by atoms with Crippen LogP contribution in [0.5, 0.6) is 0 Å². The van der Waals surface area contributed by atoms with Gasteiger partial charge >= 0.3 is 6.18 Å². The first-order chi connectivity index (χ1) is 13.3. The number of nitrogens with one attached hydrogen (secondary N) is 1. The van der Waals surface area contributed by atoms with Gasteiger partial charge in [0.2, 0.25) is 0 Å². The number of aromatic nitrogens is 2. The molecule has 144 valence electrons. The van der Waals surface area contributed by atoms with E-state index in [0.29, 0.717) is 0 Å². The molecule has 3 rings (SSSR count). The number of anilines is 1. The fraction of sp³-hybridized carbons (Fsp3) is 0.105. The lowest BCUT2D eigenvalue weighted by Crippen LogP contribution is -2.21. The quantitative estimate of drug-likeness (QED) is 0.703. The molecule has 28 heavy (non-hydrogen) atoms. The number of alkyl halides is 3. The summed E-state index contributed by atoms with van der Waals surface area (Å²) >= 11 is 0. The van der Waals surface area contributed by atoms with Crippen LogP contribution in [0, 0.1) is 0 Å². The van der Waals surface area contributed by atoms with Gasteiger partial charge in [0.15, 0.2) is 11.5 Å². The molecule has 1 heterocycles. The molecule has 0 spiro atoms. The van der Waals surface area contributed by atoms with Crippen LogP contribution in [0.2, 0.25) is 0 Å². The van der Waals surface area contributed by atoms with Crippen molar-refractivity contribution in [3.63, 3.8) is 0 Å². The molecule has 6 nitrogen and oxygen atoms in total. The summed E-state index contributed by atoms with van der Waals surface area (Å²) in [6.07, 6.45) is -3.25. The van der Waals surface area contributed by atoms with E-state index >= 15 is 0 Å². The van der Waals surface area contributed by atoms with Crippen molar-refractivity contribution in [1.29, 1.82) is 0 Å². The van der Waals surface area contributed by atoms with Gasteiger partial charge in [-0.05, 0) is 23.8 Å². The summed E-state index contributed by atoms with van der Waals surface area (Å²) in [5.74, 6) is -1.78. The fourth-order valence-electron chi connectivity index (χ4n) is 2.65. The molecule has 0 aliphatic heterocycles. The number of carbonyl (C=O) groups is 2. The number of amides is 2. The van der Waals surface area contributed by atoms with Gasteiger partial charge in [0.25, 0.3) is 11.8 Å². The Bertz CT molecular complexity index is 1010. The van der Waals surface area contributed by atoms with Gasteiger partial charge < -0.3 is 15.6 Å². The van der Waals surface area contributed by atoms with Crippen LogP contribution in [0.25, 0.3) is 0 Å². The van der Waals surface area contributed by atoms with E-state index < -0.39 is 23.6 Å². The molecule has 0 aliphatic carbocycles. The van der Waals surface area contributed by atoms with Crippen molar-refractivity contribution >= 4 is 17.6 Å². The molecule has 9 heteroatoms. The van der Waals surface area contributed by atoms with Crippen molar-refractivity contribution in [2.24, 2.45) is 5.73 Å². The van der Waals surface area contributed by atoms with Crippen LogP contribution >= 0.6 is 0 Å². The predicted octanol–water partition coefficient (Wildman–Crippen LogP) is 3.30. The molecular formula is C19H15F3N4O2. The third kappa shape index (κ3) is 4.20. The lowest BCUT2D eigenvalue weighted by atomic mass is 10.1. The Morgan fingerprint density at radius 1 is 1.07 bits per heavy atom. The molecule has 0 atom stereocenters. The topological polar surface area (TPSA) is 90.0 Å². The van der Waals surface area contributed by atoms with Crippen molar-refractivity contribution in [2.75, 3.05) is 5.32 Å². The monoisotopic (exact) mass is 388 g/mol. The first kappa shape index (κ1) is 19.2. The highest BCUT2D eigenvalue weighted by molar-refractivity contribution is 6.07. The maximum absolute atomic E-state index is 12.8. The highest BCUT2D eigenvalue weighted by Crippen LogP contribution is 2.29. The zero-order valence-corrected chi connectivity index (χ0v) is 14.4. The van der Waals surface area contributed by atoms with E-state index in [0.717, 1.165) is 23.8 Å². The summed E-state index contributed by atoms with van der Waals surface area (Å²) in [4.78, 5) is 28.2. The summed E-state index contributed by atoms with van der Waals surface area (Å²) in [5.41, 5.74) is 5.06. The van der Waals surface area contributed by atoms with Gasteiger partial charge in [0.05, 0.1) is 11.9 Å². The minimum atomic E-state index is -4.58. The van der Waals surface area contributed by atoms with E-state index in [1.807, 2.05) is 30.3 Å². The van der Waals surface area contributed by atoms with E-state index in [-0.39, 0.29) is 23.6 Å². The number of carbonyl (C=O) groups excluding carboxylic acids is 2. The number of nitrogens with two attached hydrogens (primary N) is 1. The third-order valence-corrected chi connectivity index (χ3v) is 3.95. The second-order valence-corrected chi connectivity index (χ2v) is 5.95. The van der Waals surface area contributed by atoms with Gasteiger partial charge in [-0.15, -0.1) is 0 Å². The lowest BCUT2D eigenvalue weighted by Gasteiger charge is -2.10. The first-order valence-corrected chi connectivity index (χ1v) is 8.13. The average Bonchev–Trinajstić information content (AvgIpc) is 3.04. The first-order valence-electron chi connectivity index (χ1n) is 8.13. The molecule has 0 fully saturated rings. The van der Waals surface area contributed by atoms with Gasteiger partial charge in [0.1, 0.15) is 0 Å². The molecule has 3 N–H and O–H groups in total. The zero-order valence-electron chi connectivity index (χ0n) is 14.4. The Kier molecular flexibility index (Phi) is 5.16. The molecular weight excluding hydrogens is 373 g/mol. The Morgan fingerprint density at radius 2 is 1.79 bits per heavy atom. The van der Waals surface area contributed by atoms with Gasteiger partial charge in [-0.1, -0.05) is 36.4 Å². The van der Waals surface area contributed by atoms with Crippen LogP contribution in [0.1, 0.15) is 32.0 Å².